The van der Waals surface area contributed by atoms with Crippen LogP contribution in [-0.2, 0) is 15.8 Å². The first-order chi connectivity index (χ1) is 7.34. The van der Waals surface area contributed by atoms with Crippen LogP contribution in [0.3, 0.4) is 0 Å². The molecule has 0 fully saturated rings. The lowest BCUT2D eigenvalue weighted by Crippen LogP contribution is -2.21. The lowest BCUT2D eigenvalue weighted by molar-refractivity contribution is -0.385. The van der Waals surface area contributed by atoms with E-state index in [2.05, 4.69) is 0 Å². The molecular formula is C8H7FN2O4S. The van der Waals surface area contributed by atoms with Crippen molar-refractivity contribution in [3.8, 4) is 0 Å². The fourth-order valence-electron chi connectivity index (χ4n) is 1.67. The van der Waals surface area contributed by atoms with E-state index in [4.69, 9.17) is 0 Å². The molecule has 0 saturated carbocycles. The van der Waals surface area contributed by atoms with Crippen molar-refractivity contribution in [3.05, 3.63) is 33.6 Å². The molecule has 8 heteroatoms. The van der Waals surface area contributed by atoms with E-state index >= 15 is 0 Å². The van der Waals surface area contributed by atoms with E-state index in [-0.39, 0.29) is 16.9 Å². The van der Waals surface area contributed by atoms with E-state index in [1.807, 2.05) is 0 Å². The zero-order chi connectivity index (χ0) is 12.1. The predicted molar refractivity (Wildman–Crippen MR) is 54.1 cm³/mol. The number of halogens is 1. The second-order valence-corrected chi connectivity index (χ2v) is 5.37. The SMILES string of the molecule is CN1c2c(F)ccc([N+](=O)[O-])c2CS1(=O)=O. The minimum atomic E-state index is -3.67. The predicted octanol–water partition coefficient (Wildman–Crippen LogP) is 1.01. The Bertz CT molecular complexity index is 584. The quantitative estimate of drug-likeness (QED) is 0.547. The number of rotatable bonds is 1. The van der Waals surface area contributed by atoms with Crippen molar-refractivity contribution in [2.24, 2.45) is 0 Å². The van der Waals surface area contributed by atoms with Crippen molar-refractivity contribution in [2.45, 2.75) is 5.75 Å². The highest BCUT2D eigenvalue weighted by Crippen LogP contribution is 2.39. The molecular weight excluding hydrogens is 239 g/mol. The average molecular weight is 246 g/mol. The van der Waals surface area contributed by atoms with Crippen LogP contribution in [0.2, 0.25) is 0 Å². The fraction of sp³-hybridized carbons (Fsp3) is 0.250. The first kappa shape index (κ1) is 10.8. The largest absolute Gasteiger partial charge is 0.276 e. The second-order valence-electron chi connectivity index (χ2n) is 3.37. The third-order valence-corrected chi connectivity index (χ3v) is 4.13. The molecule has 0 bridgehead atoms. The number of anilines is 1. The molecule has 0 spiro atoms. The van der Waals surface area contributed by atoms with Gasteiger partial charge >= 0.3 is 0 Å². The number of nitro benzene ring substituents is 1. The van der Waals surface area contributed by atoms with Gasteiger partial charge in [-0.25, -0.2) is 12.8 Å². The standard InChI is InChI=1S/C8H7FN2O4S/c1-10-8-5(4-16(10,14)15)7(11(12)13)3-2-6(8)9/h2-3H,4H2,1H3. The van der Waals surface area contributed by atoms with Gasteiger partial charge in [-0.1, -0.05) is 0 Å². The Kier molecular flexibility index (Phi) is 2.12. The van der Waals surface area contributed by atoms with Crippen molar-refractivity contribution in [1.29, 1.82) is 0 Å². The molecule has 1 heterocycles. The molecule has 1 aromatic rings. The van der Waals surface area contributed by atoms with Crippen LogP contribution in [0.5, 0.6) is 0 Å². The summed E-state index contributed by atoms with van der Waals surface area (Å²) in [5.41, 5.74) is -0.689. The van der Waals surface area contributed by atoms with Crippen LogP contribution in [0, 0.1) is 15.9 Å². The molecule has 6 nitrogen and oxygen atoms in total. The van der Waals surface area contributed by atoms with E-state index in [0.29, 0.717) is 0 Å². The number of hydrogen-bond donors (Lipinski definition) is 0. The maximum absolute atomic E-state index is 13.4. The minimum absolute atomic E-state index is 0.0903. The molecule has 0 unspecified atom stereocenters. The molecule has 1 aromatic carbocycles. The Morgan fingerprint density at radius 2 is 2.12 bits per heavy atom. The van der Waals surface area contributed by atoms with E-state index in [1.54, 1.807) is 0 Å². The van der Waals surface area contributed by atoms with Gasteiger partial charge < -0.3 is 0 Å². The minimum Gasteiger partial charge on any atom is -0.269 e. The topological polar surface area (TPSA) is 80.5 Å². The molecule has 86 valence electrons. The number of fused-ring (bicyclic) bond motifs is 1. The maximum Gasteiger partial charge on any atom is 0.276 e. The Hall–Kier alpha value is -1.70. The first-order valence-electron chi connectivity index (χ1n) is 4.27. The van der Waals surface area contributed by atoms with Gasteiger partial charge in [-0.05, 0) is 6.07 Å². The van der Waals surface area contributed by atoms with Gasteiger partial charge in [0.15, 0.2) is 0 Å². The zero-order valence-electron chi connectivity index (χ0n) is 8.18. The van der Waals surface area contributed by atoms with Crippen LogP contribution in [0.1, 0.15) is 5.56 Å². The average Bonchev–Trinajstić information content (AvgIpc) is 2.38. The summed E-state index contributed by atoms with van der Waals surface area (Å²) in [5, 5.41) is 10.7. The molecule has 0 saturated heterocycles. The summed E-state index contributed by atoms with van der Waals surface area (Å²) in [7, 11) is -2.50. The van der Waals surface area contributed by atoms with Crippen molar-refractivity contribution in [1.82, 2.24) is 0 Å². The Labute approximate surface area is 90.5 Å². The first-order valence-corrected chi connectivity index (χ1v) is 5.88. The Morgan fingerprint density at radius 3 is 2.69 bits per heavy atom. The third-order valence-electron chi connectivity index (χ3n) is 2.46. The van der Waals surface area contributed by atoms with Crippen molar-refractivity contribution < 1.29 is 17.7 Å². The summed E-state index contributed by atoms with van der Waals surface area (Å²) in [6, 6.07) is 1.87. The maximum atomic E-state index is 13.4. The zero-order valence-corrected chi connectivity index (χ0v) is 8.99. The monoisotopic (exact) mass is 246 g/mol. The fourth-order valence-corrected chi connectivity index (χ4v) is 2.99. The third kappa shape index (κ3) is 1.33. The van der Waals surface area contributed by atoms with Gasteiger partial charge in [0, 0.05) is 13.1 Å². The lowest BCUT2D eigenvalue weighted by atomic mass is 10.1. The Morgan fingerprint density at radius 1 is 1.50 bits per heavy atom. The molecule has 2 rings (SSSR count). The van der Waals surface area contributed by atoms with Gasteiger partial charge in [-0.15, -0.1) is 0 Å². The van der Waals surface area contributed by atoms with Crippen LogP contribution >= 0.6 is 0 Å². The van der Waals surface area contributed by atoms with E-state index in [9.17, 15) is 22.9 Å². The molecule has 0 amide bonds. The van der Waals surface area contributed by atoms with Crippen LogP contribution in [0.4, 0.5) is 15.8 Å². The van der Waals surface area contributed by atoms with E-state index < -0.39 is 26.5 Å². The number of sulfonamides is 1. The molecule has 16 heavy (non-hydrogen) atoms. The summed E-state index contributed by atoms with van der Waals surface area (Å²) in [5.74, 6) is -1.31. The Balaban J connectivity index is 2.77. The summed E-state index contributed by atoms with van der Waals surface area (Å²) < 4.78 is 37.1. The van der Waals surface area contributed by atoms with Crippen LogP contribution < -0.4 is 4.31 Å². The van der Waals surface area contributed by atoms with Crippen molar-refractivity contribution in [2.75, 3.05) is 11.4 Å². The number of nitrogens with zero attached hydrogens (tertiary/aromatic N) is 2. The number of nitro groups is 1. The summed E-state index contributed by atoms with van der Waals surface area (Å²) in [4.78, 5) is 9.94. The van der Waals surface area contributed by atoms with Crippen LogP contribution in [-0.4, -0.2) is 20.4 Å². The lowest BCUT2D eigenvalue weighted by Gasteiger charge is -2.11. The highest BCUT2D eigenvalue weighted by Gasteiger charge is 2.38. The van der Waals surface area contributed by atoms with Crippen LogP contribution in [0.15, 0.2) is 12.1 Å². The van der Waals surface area contributed by atoms with Gasteiger partial charge in [0.25, 0.3) is 5.69 Å². The summed E-state index contributed by atoms with van der Waals surface area (Å²) >= 11 is 0. The molecule has 0 atom stereocenters. The molecule has 0 aliphatic carbocycles. The number of hydrogen-bond acceptors (Lipinski definition) is 4. The highest BCUT2D eigenvalue weighted by molar-refractivity contribution is 7.92. The smallest absolute Gasteiger partial charge is 0.269 e. The van der Waals surface area contributed by atoms with E-state index in [1.165, 1.54) is 7.05 Å². The van der Waals surface area contributed by atoms with Gasteiger partial charge in [0.1, 0.15) is 11.6 Å². The van der Waals surface area contributed by atoms with Gasteiger partial charge in [-0.3, -0.25) is 14.4 Å². The molecule has 0 radical (unpaired) electrons. The summed E-state index contributed by atoms with van der Waals surface area (Å²) in [6.45, 7) is 0. The summed E-state index contributed by atoms with van der Waals surface area (Å²) in [6.07, 6.45) is 0. The molecule has 0 N–H and O–H groups in total. The van der Waals surface area contributed by atoms with Crippen molar-refractivity contribution in [3.63, 3.8) is 0 Å². The van der Waals surface area contributed by atoms with Crippen molar-refractivity contribution >= 4 is 21.4 Å². The van der Waals surface area contributed by atoms with Gasteiger partial charge in [-0.2, -0.15) is 0 Å². The van der Waals surface area contributed by atoms with Gasteiger partial charge in [0.2, 0.25) is 10.0 Å². The van der Waals surface area contributed by atoms with E-state index in [0.717, 1.165) is 16.4 Å². The van der Waals surface area contributed by atoms with Crippen LogP contribution in [0.25, 0.3) is 0 Å². The molecule has 0 aromatic heterocycles. The molecule has 1 aliphatic heterocycles. The van der Waals surface area contributed by atoms with Gasteiger partial charge in [0.05, 0.1) is 16.2 Å². The normalized spacial score (nSPS) is 17.2. The highest BCUT2D eigenvalue weighted by atomic mass is 32.2. The molecule has 1 aliphatic rings. The number of benzene rings is 1. The second kappa shape index (κ2) is 3.14.